The molecule has 1 N–H and O–H groups in total. The summed E-state index contributed by atoms with van der Waals surface area (Å²) in [4.78, 5) is 16.5. The summed E-state index contributed by atoms with van der Waals surface area (Å²) in [5.74, 6) is 0.270. The quantitative estimate of drug-likeness (QED) is 0.649. The van der Waals surface area contributed by atoms with Crippen molar-refractivity contribution >= 4 is 17.3 Å². The molecule has 2 aliphatic rings. The van der Waals surface area contributed by atoms with Gasteiger partial charge in [0.2, 0.25) is 0 Å². The molecule has 0 atom stereocenters. The molecule has 1 amide bonds. The van der Waals surface area contributed by atoms with Crippen molar-refractivity contribution in [3.05, 3.63) is 30.1 Å². The van der Waals surface area contributed by atoms with Gasteiger partial charge in [0, 0.05) is 37.6 Å². The fourth-order valence-corrected chi connectivity index (χ4v) is 3.82. The molecule has 1 aliphatic heterocycles. The van der Waals surface area contributed by atoms with E-state index >= 15 is 0 Å². The number of carbonyl (C=O) groups is 1. The number of hydrogen-bond acceptors (Lipinski definition) is 4. The van der Waals surface area contributed by atoms with Crippen LogP contribution < -0.4 is 10.3 Å². The summed E-state index contributed by atoms with van der Waals surface area (Å²) in [6.07, 6.45) is 6.24. The van der Waals surface area contributed by atoms with Crippen molar-refractivity contribution in [1.82, 2.24) is 10.3 Å². The highest BCUT2D eigenvalue weighted by atomic mass is 19.1. The fourth-order valence-electron chi connectivity index (χ4n) is 3.82. The van der Waals surface area contributed by atoms with Crippen molar-refractivity contribution in [3.8, 4) is 0 Å². The van der Waals surface area contributed by atoms with Gasteiger partial charge in [-0.2, -0.15) is 5.10 Å². The SMILES string of the molecule is C/C(=N\NC(=O)CN1CCN(c2ccc(F)cc2)CC1)C1CCCCC1. The van der Waals surface area contributed by atoms with Gasteiger partial charge in [0.15, 0.2) is 0 Å². The zero-order valence-corrected chi connectivity index (χ0v) is 15.6. The molecule has 26 heavy (non-hydrogen) atoms. The Kier molecular flexibility index (Phi) is 6.61. The number of hydrazone groups is 1. The van der Waals surface area contributed by atoms with E-state index in [0.29, 0.717) is 12.5 Å². The fraction of sp³-hybridized carbons (Fsp3) is 0.600. The second-order valence-electron chi connectivity index (χ2n) is 7.36. The average molecular weight is 360 g/mol. The van der Waals surface area contributed by atoms with Crippen LogP contribution in [-0.2, 0) is 4.79 Å². The first kappa shape index (κ1) is 18.8. The van der Waals surface area contributed by atoms with Crippen molar-refractivity contribution < 1.29 is 9.18 Å². The molecule has 1 aromatic rings. The van der Waals surface area contributed by atoms with Crippen LogP contribution in [0.15, 0.2) is 29.4 Å². The van der Waals surface area contributed by atoms with Gasteiger partial charge in [0.25, 0.3) is 5.91 Å². The summed E-state index contributed by atoms with van der Waals surface area (Å²) >= 11 is 0. The number of piperazine rings is 1. The molecular formula is C20H29FN4O. The number of rotatable bonds is 5. The lowest BCUT2D eigenvalue weighted by Gasteiger charge is -2.35. The highest BCUT2D eigenvalue weighted by molar-refractivity contribution is 5.86. The van der Waals surface area contributed by atoms with Gasteiger partial charge in [-0.15, -0.1) is 0 Å². The minimum Gasteiger partial charge on any atom is -0.369 e. The van der Waals surface area contributed by atoms with E-state index in [9.17, 15) is 9.18 Å². The summed E-state index contributed by atoms with van der Waals surface area (Å²) < 4.78 is 13.0. The van der Waals surface area contributed by atoms with Crippen molar-refractivity contribution in [1.29, 1.82) is 0 Å². The molecule has 1 heterocycles. The van der Waals surface area contributed by atoms with E-state index in [-0.39, 0.29) is 11.7 Å². The Morgan fingerprint density at radius 2 is 1.77 bits per heavy atom. The smallest absolute Gasteiger partial charge is 0.254 e. The largest absolute Gasteiger partial charge is 0.369 e. The Bertz CT molecular complexity index is 617. The Morgan fingerprint density at radius 1 is 1.12 bits per heavy atom. The van der Waals surface area contributed by atoms with Crippen LogP contribution in [0.5, 0.6) is 0 Å². The molecule has 1 aromatic carbocycles. The van der Waals surface area contributed by atoms with Crippen LogP contribution in [0.1, 0.15) is 39.0 Å². The van der Waals surface area contributed by atoms with Crippen molar-refractivity contribution in [3.63, 3.8) is 0 Å². The molecule has 0 unspecified atom stereocenters. The van der Waals surface area contributed by atoms with Crippen LogP contribution >= 0.6 is 0 Å². The third kappa shape index (κ3) is 5.27. The number of amides is 1. The Labute approximate surface area is 155 Å². The summed E-state index contributed by atoms with van der Waals surface area (Å²) in [7, 11) is 0. The number of nitrogens with zero attached hydrogens (tertiary/aromatic N) is 3. The minimum absolute atomic E-state index is 0.0459. The van der Waals surface area contributed by atoms with E-state index in [1.165, 1.54) is 44.2 Å². The van der Waals surface area contributed by atoms with E-state index in [1.54, 1.807) is 12.1 Å². The molecule has 0 spiro atoms. The molecule has 1 aliphatic carbocycles. The topological polar surface area (TPSA) is 47.9 Å². The van der Waals surface area contributed by atoms with Gasteiger partial charge in [-0.1, -0.05) is 19.3 Å². The van der Waals surface area contributed by atoms with Crippen molar-refractivity contribution in [2.24, 2.45) is 11.0 Å². The summed E-state index contributed by atoms with van der Waals surface area (Å²) in [6, 6.07) is 6.59. The van der Waals surface area contributed by atoms with Gasteiger partial charge in [0.1, 0.15) is 5.82 Å². The summed E-state index contributed by atoms with van der Waals surface area (Å²) in [5.41, 5.74) is 4.81. The molecule has 1 saturated carbocycles. The number of carbonyl (C=O) groups excluding carboxylic acids is 1. The van der Waals surface area contributed by atoms with Gasteiger partial charge in [-0.25, -0.2) is 9.82 Å². The predicted octanol–water partition coefficient (Wildman–Crippen LogP) is 3.02. The van der Waals surface area contributed by atoms with E-state index in [4.69, 9.17) is 0 Å². The Balaban J connectivity index is 1.41. The van der Waals surface area contributed by atoms with Crippen LogP contribution in [0.2, 0.25) is 0 Å². The van der Waals surface area contributed by atoms with Crippen molar-refractivity contribution in [2.75, 3.05) is 37.6 Å². The molecule has 0 aromatic heterocycles. The number of halogens is 1. The van der Waals surface area contributed by atoms with Crippen LogP contribution in [0.25, 0.3) is 0 Å². The van der Waals surface area contributed by atoms with Crippen LogP contribution in [0.3, 0.4) is 0 Å². The Hall–Kier alpha value is -1.95. The molecule has 0 radical (unpaired) electrons. The van der Waals surface area contributed by atoms with E-state index < -0.39 is 0 Å². The average Bonchev–Trinajstić information content (AvgIpc) is 2.68. The molecule has 2 fully saturated rings. The van der Waals surface area contributed by atoms with Gasteiger partial charge in [0.05, 0.1) is 6.54 Å². The van der Waals surface area contributed by atoms with Gasteiger partial charge in [-0.05, 0) is 49.9 Å². The number of benzene rings is 1. The first-order valence-electron chi connectivity index (χ1n) is 9.68. The number of hydrogen-bond donors (Lipinski definition) is 1. The molecule has 5 nitrogen and oxygen atoms in total. The monoisotopic (exact) mass is 360 g/mol. The number of nitrogens with one attached hydrogen (secondary N) is 1. The predicted molar refractivity (Wildman–Crippen MR) is 103 cm³/mol. The molecule has 3 rings (SSSR count). The zero-order chi connectivity index (χ0) is 18.4. The molecule has 0 bridgehead atoms. The van der Waals surface area contributed by atoms with Crippen LogP contribution in [0.4, 0.5) is 10.1 Å². The highest BCUT2D eigenvalue weighted by Gasteiger charge is 2.20. The second-order valence-corrected chi connectivity index (χ2v) is 7.36. The maximum absolute atomic E-state index is 13.0. The van der Waals surface area contributed by atoms with E-state index in [1.807, 2.05) is 6.92 Å². The van der Waals surface area contributed by atoms with E-state index in [0.717, 1.165) is 37.6 Å². The first-order valence-corrected chi connectivity index (χ1v) is 9.68. The van der Waals surface area contributed by atoms with Crippen LogP contribution in [-0.4, -0.2) is 49.2 Å². The maximum atomic E-state index is 13.0. The first-order chi connectivity index (χ1) is 12.6. The van der Waals surface area contributed by atoms with Gasteiger partial charge >= 0.3 is 0 Å². The maximum Gasteiger partial charge on any atom is 0.254 e. The molecule has 142 valence electrons. The normalized spacial score (nSPS) is 20.2. The second kappa shape index (κ2) is 9.12. The molecule has 1 saturated heterocycles. The zero-order valence-electron chi connectivity index (χ0n) is 15.6. The highest BCUT2D eigenvalue weighted by Crippen LogP contribution is 2.24. The third-order valence-corrected chi connectivity index (χ3v) is 5.48. The third-order valence-electron chi connectivity index (χ3n) is 5.48. The van der Waals surface area contributed by atoms with Gasteiger partial charge in [-0.3, -0.25) is 9.69 Å². The number of anilines is 1. The summed E-state index contributed by atoms with van der Waals surface area (Å²) in [5, 5.41) is 4.33. The van der Waals surface area contributed by atoms with Gasteiger partial charge < -0.3 is 4.90 Å². The van der Waals surface area contributed by atoms with Crippen LogP contribution in [0, 0.1) is 11.7 Å². The summed E-state index contributed by atoms with van der Waals surface area (Å²) in [6.45, 7) is 5.70. The lowest BCUT2D eigenvalue weighted by Crippen LogP contribution is -2.49. The van der Waals surface area contributed by atoms with E-state index in [2.05, 4.69) is 20.3 Å². The lowest BCUT2D eigenvalue weighted by atomic mass is 9.86. The minimum atomic E-state index is -0.215. The lowest BCUT2D eigenvalue weighted by molar-refractivity contribution is -0.122. The van der Waals surface area contributed by atoms with Crippen molar-refractivity contribution in [2.45, 2.75) is 39.0 Å². The molecule has 6 heteroatoms. The standard InChI is InChI=1S/C20H29FN4O/c1-16(17-5-3-2-4-6-17)22-23-20(26)15-24-11-13-25(14-12-24)19-9-7-18(21)8-10-19/h7-10,17H,2-6,11-15H2,1H3,(H,23,26)/b22-16+. The molecular weight excluding hydrogens is 331 g/mol. The Morgan fingerprint density at radius 3 is 2.42 bits per heavy atom.